The highest BCUT2D eigenvalue weighted by Crippen LogP contribution is 2.15. The predicted molar refractivity (Wildman–Crippen MR) is 108 cm³/mol. The average Bonchev–Trinajstić information content (AvgIpc) is 2.70. The van der Waals surface area contributed by atoms with Gasteiger partial charge >= 0.3 is 11.9 Å². The van der Waals surface area contributed by atoms with E-state index in [4.69, 9.17) is 18.3 Å². The van der Waals surface area contributed by atoms with Gasteiger partial charge in [0.2, 0.25) is 22.4 Å². The molecule has 2 aromatic rings. The number of rotatable bonds is 11. The van der Waals surface area contributed by atoms with Gasteiger partial charge in [-0.05, 0) is 26.7 Å². The van der Waals surface area contributed by atoms with Gasteiger partial charge in [0.25, 0.3) is 0 Å². The molecule has 0 aliphatic rings. The molecule has 0 aliphatic heterocycles. The van der Waals surface area contributed by atoms with Crippen molar-refractivity contribution < 1.29 is 27.9 Å². The van der Waals surface area contributed by atoms with Gasteiger partial charge in [-0.2, -0.15) is 0 Å². The summed E-state index contributed by atoms with van der Waals surface area (Å²) in [5.41, 5.74) is -0.761. The number of esters is 2. The van der Waals surface area contributed by atoms with Crippen LogP contribution in [0.1, 0.15) is 62.9 Å². The molecule has 0 atom stereocenters. The molecule has 0 radical (unpaired) electrons. The molecule has 0 aliphatic carbocycles. The third-order valence-electron chi connectivity index (χ3n) is 4.46. The number of ether oxygens (including phenoxy) is 2. The lowest BCUT2D eigenvalue weighted by Crippen LogP contribution is -2.15. The quantitative estimate of drug-likeness (QED) is 0.399. The summed E-state index contributed by atoms with van der Waals surface area (Å²) in [6.45, 7) is 3.13. The van der Waals surface area contributed by atoms with Gasteiger partial charge in [-0.1, -0.05) is 25.7 Å². The van der Waals surface area contributed by atoms with E-state index in [1.54, 1.807) is 13.8 Å². The molecule has 0 amide bonds. The van der Waals surface area contributed by atoms with Gasteiger partial charge < -0.3 is 18.3 Å². The van der Waals surface area contributed by atoms with Crippen LogP contribution in [-0.2, 0) is 9.59 Å². The van der Waals surface area contributed by atoms with Gasteiger partial charge in [0.15, 0.2) is 0 Å². The van der Waals surface area contributed by atoms with Crippen LogP contribution >= 0.6 is 0 Å². The number of unbranched alkanes of at least 4 members (excludes halogenated alkanes) is 5. The second-order valence-electron chi connectivity index (χ2n) is 6.91. The van der Waals surface area contributed by atoms with Crippen molar-refractivity contribution in [2.24, 2.45) is 0 Å². The molecule has 2 aromatic heterocycles. The van der Waals surface area contributed by atoms with Crippen LogP contribution in [0.5, 0.6) is 11.5 Å². The van der Waals surface area contributed by atoms with E-state index in [0.29, 0.717) is 12.8 Å². The minimum atomic E-state index is -0.458. The Kier molecular flexibility index (Phi) is 9.05. The van der Waals surface area contributed by atoms with Crippen molar-refractivity contribution in [3.8, 4) is 11.5 Å². The SMILES string of the molecule is Cc1occc(=O)c1OC(=O)CCCCCCCCC(=O)Oc1c(C)occc1=O. The van der Waals surface area contributed by atoms with Crippen LogP contribution in [0.15, 0.2) is 43.1 Å². The van der Waals surface area contributed by atoms with Gasteiger partial charge in [-0.25, -0.2) is 0 Å². The first-order valence-corrected chi connectivity index (χ1v) is 9.96. The van der Waals surface area contributed by atoms with Crippen molar-refractivity contribution in [3.05, 3.63) is 56.6 Å². The standard InChI is InChI=1S/C22H26O8/c1-15-21(17(23)11-13-27-15)29-19(25)9-7-5-3-4-6-8-10-20(26)30-22-16(2)28-14-12-18(22)24/h11-14H,3-10H2,1-2H3. The molecule has 30 heavy (non-hydrogen) atoms. The molecule has 162 valence electrons. The summed E-state index contributed by atoms with van der Waals surface area (Å²) in [5, 5.41) is 0. The zero-order valence-corrected chi connectivity index (χ0v) is 17.2. The Bertz CT molecular complexity index is 890. The van der Waals surface area contributed by atoms with Crippen LogP contribution in [0.2, 0.25) is 0 Å². The van der Waals surface area contributed by atoms with Gasteiger partial charge in [0.1, 0.15) is 11.5 Å². The third kappa shape index (κ3) is 7.35. The molecule has 0 bridgehead atoms. The molecule has 2 heterocycles. The summed E-state index contributed by atoms with van der Waals surface area (Å²) in [4.78, 5) is 47.0. The molecule has 8 nitrogen and oxygen atoms in total. The highest BCUT2D eigenvalue weighted by Gasteiger charge is 2.13. The fourth-order valence-electron chi connectivity index (χ4n) is 2.82. The number of hydrogen-bond acceptors (Lipinski definition) is 8. The topological polar surface area (TPSA) is 113 Å². The Morgan fingerprint density at radius 2 is 1.07 bits per heavy atom. The average molecular weight is 418 g/mol. The minimum Gasteiger partial charge on any atom is -0.465 e. The number of aryl methyl sites for hydroxylation is 2. The maximum atomic E-state index is 11.8. The maximum Gasteiger partial charge on any atom is 0.311 e. The van der Waals surface area contributed by atoms with E-state index in [0.717, 1.165) is 25.7 Å². The van der Waals surface area contributed by atoms with Crippen molar-refractivity contribution in [1.82, 2.24) is 0 Å². The van der Waals surface area contributed by atoms with Gasteiger partial charge in [-0.3, -0.25) is 19.2 Å². The first-order chi connectivity index (χ1) is 14.4. The summed E-state index contributed by atoms with van der Waals surface area (Å²) in [6.07, 6.45) is 7.77. The predicted octanol–water partition coefficient (Wildman–Crippen LogP) is 3.84. The van der Waals surface area contributed by atoms with Crippen LogP contribution < -0.4 is 20.3 Å². The summed E-state index contributed by atoms with van der Waals surface area (Å²) in [5.74, 6) is -0.480. The van der Waals surface area contributed by atoms with E-state index < -0.39 is 11.9 Å². The Hall–Kier alpha value is -3.16. The van der Waals surface area contributed by atoms with E-state index in [-0.39, 0.29) is 46.7 Å². The first-order valence-electron chi connectivity index (χ1n) is 9.96. The van der Waals surface area contributed by atoms with Crippen LogP contribution in [0, 0.1) is 13.8 Å². The summed E-state index contributed by atoms with van der Waals surface area (Å²) in [6, 6.07) is 2.42. The Morgan fingerprint density at radius 3 is 1.43 bits per heavy atom. The Morgan fingerprint density at radius 1 is 0.700 bits per heavy atom. The summed E-state index contributed by atoms with van der Waals surface area (Å²) in [7, 11) is 0. The maximum absolute atomic E-state index is 11.8. The fourth-order valence-corrected chi connectivity index (χ4v) is 2.82. The van der Waals surface area contributed by atoms with Crippen molar-refractivity contribution in [3.63, 3.8) is 0 Å². The smallest absolute Gasteiger partial charge is 0.311 e. The monoisotopic (exact) mass is 418 g/mol. The van der Waals surface area contributed by atoms with E-state index in [2.05, 4.69) is 0 Å². The lowest BCUT2D eigenvalue weighted by atomic mass is 10.1. The first kappa shape index (κ1) is 23.1. The summed E-state index contributed by atoms with van der Waals surface area (Å²) >= 11 is 0. The molecule has 0 saturated carbocycles. The van der Waals surface area contributed by atoms with Crippen LogP contribution in [-0.4, -0.2) is 11.9 Å². The molecular weight excluding hydrogens is 392 g/mol. The molecule has 0 saturated heterocycles. The fraction of sp³-hybridized carbons (Fsp3) is 0.455. The Balaban J connectivity index is 1.55. The molecule has 0 unspecified atom stereocenters. The lowest BCUT2D eigenvalue weighted by molar-refractivity contribution is -0.135. The van der Waals surface area contributed by atoms with Crippen LogP contribution in [0.4, 0.5) is 0 Å². The van der Waals surface area contributed by atoms with Crippen LogP contribution in [0.25, 0.3) is 0 Å². The second kappa shape index (κ2) is 11.7. The molecule has 2 rings (SSSR count). The minimum absolute atomic E-state index is 0.0575. The molecule has 0 spiro atoms. The molecule has 8 heteroatoms. The number of carbonyl (C=O) groups is 2. The van der Waals surface area contributed by atoms with E-state index in [1.807, 2.05) is 0 Å². The van der Waals surface area contributed by atoms with Crippen molar-refractivity contribution in [2.45, 2.75) is 65.2 Å². The summed E-state index contributed by atoms with van der Waals surface area (Å²) < 4.78 is 20.3. The van der Waals surface area contributed by atoms with Crippen molar-refractivity contribution in [1.29, 1.82) is 0 Å². The molecular formula is C22H26O8. The third-order valence-corrected chi connectivity index (χ3v) is 4.46. The molecule has 0 fully saturated rings. The highest BCUT2D eigenvalue weighted by molar-refractivity contribution is 5.72. The van der Waals surface area contributed by atoms with Crippen LogP contribution in [0.3, 0.4) is 0 Å². The second-order valence-corrected chi connectivity index (χ2v) is 6.91. The lowest BCUT2D eigenvalue weighted by Gasteiger charge is -2.06. The zero-order valence-electron chi connectivity index (χ0n) is 17.2. The van der Waals surface area contributed by atoms with Crippen molar-refractivity contribution in [2.75, 3.05) is 0 Å². The number of hydrogen-bond donors (Lipinski definition) is 0. The normalized spacial score (nSPS) is 10.6. The van der Waals surface area contributed by atoms with Gasteiger partial charge in [0.05, 0.1) is 12.5 Å². The van der Waals surface area contributed by atoms with E-state index >= 15 is 0 Å². The van der Waals surface area contributed by atoms with E-state index in [9.17, 15) is 19.2 Å². The zero-order chi connectivity index (χ0) is 21.9. The van der Waals surface area contributed by atoms with Gasteiger partial charge in [-0.15, -0.1) is 0 Å². The number of carbonyl (C=O) groups excluding carboxylic acids is 2. The van der Waals surface area contributed by atoms with Gasteiger partial charge in [0, 0.05) is 25.0 Å². The largest absolute Gasteiger partial charge is 0.465 e. The molecule has 0 N–H and O–H groups in total. The Labute approximate surface area is 173 Å². The van der Waals surface area contributed by atoms with E-state index in [1.165, 1.54) is 24.7 Å². The molecule has 0 aromatic carbocycles. The van der Waals surface area contributed by atoms with Crippen molar-refractivity contribution >= 4 is 11.9 Å². The highest BCUT2D eigenvalue weighted by atomic mass is 16.5.